The first-order chi connectivity index (χ1) is 16.3. The summed E-state index contributed by atoms with van der Waals surface area (Å²) in [6.07, 6.45) is 3.60. The van der Waals surface area contributed by atoms with Crippen molar-refractivity contribution in [3.05, 3.63) is 60.0 Å². The van der Waals surface area contributed by atoms with Gasteiger partial charge in [0.2, 0.25) is 0 Å². The normalized spacial score (nSPS) is 19.2. The van der Waals surface area contributed by atoms with Gasteiger partial charge in [0.15, 0.2) is 11.5 Å². The number of likely N-dealkylation sites (tertiary alicyclic amines) is 1. The fourth-order valence-electron chi connectivity index (χ4n) is 4.28. The fraction of sp³-hybridized carbons (Fsp3) is 0.458. The van der Waals surface area contributed by atoms with Gasteiger partial charge in [0.05, 0.1) is 11.9 Å². The van der Waals surface area contributed by atoms with E-state index in [1.54, 1.807) is 0 Å². The zero-order chi connectivity index (χ0) is 24.1. The number of pyridine rings is 1. The smallest absolute Gasteiger partial charge is 0.475 e. The Morgan fingerprint density at radius 2 is 1.82 bits per heavy atom. The summed E-state index contributed by atoms with van der Waals surface area (Å²) in [5.74, 6) is -1.27. The second-order valence-corrected chi connectivity index (χ2v) is 8.75. The van der Waals surface area contributed by atoms with Crippen LogP contribution in [0.5, 0.6) is 0 Å². The number of carboxylic acids is 1. The summed E-state index contributed by atoms with van der Waals surface area (Å²) in [7, 11) is 0. The van der Waals surface area contributed by atoms with Crippen LogP contribution in [-0.2, 0) is 11.3 Å². The minimum Gasteiger partial charge on any atom is -0.475 e. The number of anilines is 1. The Hall–Kier alpha value is -3.14. The van der Waals surface area contributed by atoms with Crippen LogP contribution in [0, 0.1) is 0 Å². The molecule has 2 aliphatic rings. The molecule has 3 aromatic rings. The van der Waals surface area contributed by atoms with Gasteiger partial charge >= 0.3 is 12.1 Å². The maximum Gasteiger partial charge on any atom is 0.490 e. The summed E-state index contributed by atoms with van der Waals surface area (Å²) in [5, 5.41) is 15.4. The van der Waals surface area contributed by atoms with Gasteiger partial charge in [-0.05, 0) is 49.9 Å². The van der Waals surface area contributed by atoms with Gasteiger partial charge in [-0.15, -0.1) is 0 Å². The van der Waals surface area contributed by atoms with Crippen LogP contribution in [-0.4, -0.2) is 55.9 Å². The molecule has 1 unspecified atom stereocenters. The predicted octanol–water partition coefficient (Wildman–Crippen LogP) is 4.71. The Morgan fingerprint density at radius 3 is 2.47 bits per heavy atom. The van der Waals surface area contributed by atoms with Crippen molar-refractivity contribution in [3.63, 3.8) is 0 Å². The second-order valence-electron chi connectivity index (χ2n) is 8.75. The minimum absolute atomic E-state index is 0.472. The average Bonchev–Trinajstić information content (AvgIpc) is 3.21. The van der Waals surface area contributed by atoms with Gasteiger partial charge in [-0.25, -0.2) is 14.3 Å². The van der Waals surface area contributed by atoms with Crippen molar-refractivity contribution in [1.29, 1.82) is 0 Å². The summed E-state index contributed by atoms with van der Waals surface area (Å²) >= 11 is 0. The number of carbonyl (C=O) groups is 1. The molecule has 1 aliphatic heterocycles. The zero-order valence-electron chi connectivity index (χ0n) is 18.7. The van der Waals surface area contributed by atoms with Crippen LogP contribution in [0.3, 0.4) is 0 Å². The third-order valence-electron chi connectivity index (χ3n) is 6.34. The number of nitrogens with one attached hydrogen (secondary N) is 1. The Bertz CT molecular complexity index is 1100. The Kier molecular flexibility index (Phi) is 7.35. The van der Waals surface area contributed by atoms with Gasteiger partial charge < -0.3 is 10.4 Å². The lowest BCUT2D eigenvalue weighted by atomic mass is 9.87. The molecule has 0 spiro atoms. The van der Waals surface area contributed by atoms with E-state index in [1.807, 2.05) is 10.6 Å². The predicted molar refractivity (Wildman–Crippen MR) is 122 cm³/mol. The lowest BCUT2D eigenvalue weighted by Crippen LogP contribution is -2.45. The molecular formula is C24H28F3N5O2. The molecule has 0 bridgehead atoms. The summed E-state index contributed by atoms with van der Waals surface area (Å²) in [4.78, 5) is 16.4. The van der Waals surface area contributed by atoms with Gasteiger partial charge in [0.25, 0.3) is 0 Å². The third kappa shape index (κ3) is 6.05. The molecule has 1 atom stereocenters. The summed E-state index contributed by atoms with van der Waals surface area (Å²) in [6.45, 7) is 3.19. The molecule has 1 saturated heterocycles. The second kappa shape index (κ2) is 10.4. The standard InChI is InChI=1S/C22H27N5.C2HF3O2/c1-2-6-17(7-3-1)14-23-19-11-12-21-24-22(25-27(21)16-19)18-8-5-13-26(15-18)20-9-4-10-20;3-2(4,5)1(6)7/h1-3,6-7,11-12,16,18,20,23H,4-5,8-10,13-15H2;(H,6,7). The lowest BCUT2D eigenvalue weighted by Gasteiger charge is -2.41. The van der Waals surface area contributed by atoms with Gasteiger partial charge in [-0.2, -0.15) is 18.3 Å². The third-order valence-corrected chi connectivity index (χ3v) is 6.34. The summed E-state index contributed by atoms with van der Waals surface area (Å²) < 4.78 is 33.7. The molecule has 2 fully saturated rings. The van der Waals surface area contributed by atoms with E-state index in [0.717, 1.165) is 36.3 Å². The number of aliphatic carboxylic acids is 1. The van der Waals surface area contributed by atoms with E-state index in [4.69, 9.17) is 20.0 Å². The van der Waals surface area contributed by atoms with Crippen LogP contribution in [0.2, 0.25) is 0 Å². The number of piperidine rings is 1. The molecule has 1 saturated carbocycles. The number of hydrogen-bond acceptors (Lipinski definition) is 5. The molecule has 3 heterocycles. The number of carboxylic acid groups (broad SMARTS) is 1. The first-order valence-corrected chi connectivity index (χ1v) is 11.5. The Labute approximate surface area is 195 Å². The lowest BCUT2D eigenvalue weighted by molar-refractivity contribution is -0.192. The molecule has 10 heteroatoms. The van der Waals surface area contributed by atoms with Crippen LogP contribution in [0.15, 0.2) is 48.7 Å². The highest BCUT2D eigenvalue weighted by Crippen LogP contribution is 2.32. The first kappa shape index (κ1) is 24.0. The van der Waals surface area contributed by atoms with Crippen LogP contribution in [0.4, 0.5) is 18.9 Å². The van der Waals surface area contributed by atoms with Gasteiger partial charge in [-0.1, -0.05) is 36.8 Å². The first-order valence-electron chi connectivity index (χ1n) is 11.5. The van der Waals surface area contributed by atoms with Crippen LogP contribution >= 0.6 is 0 Å². The quantitative estimate of drug-likeness (QED) is 0.556. The van der Waals surface area contributed by atoms with Crippen molar-refractivity contribution < 1.29 is 23.1 Å². The minimum atomic E-state index is -5.08. The number of fused-ring (bicyclic) bond motifs is 1. The molecule has 2 aromatic heterocycles. The molecule has 7 nitrogen and oxygen atoms in total. The Morgan fingerprint density at radius 1 is 1.09 bits per heavy atom. The summed E-state index contributed by atoms with van der Waals surface area (Å²) in [6, 6.07) is 15.4. The maximum atomic E-state index is 10.6. The van der Waals surface area contributed by atoms with E-state index in [0.29, 0.717) is 5.92 Å². The van der Waals surface area contributed by atoms with Gasteiger partial charge in [0, 0.05) is 25.0 Å². The van der Waals surface area contributed by atoms with Gasteiger partial charge in [-0.3, -0.25) is 4.90 Å². The van der Waals surface area contributed by atoms with Crippen molar-refractivity contribution in [3.8, 4) is 0 Å². The van der Waals surface area contributed by atoms with Crippen molar-refractivity contribution >= 4 is 17.3 Å². The average molecular weight is 476 g/mol. The number of hydrogen-bond donors (Lipinski definition) is 2. The highest BCUT2D eigenvalue weighted by Gasteiger charge is 2.38. The fourth-order valence-corrected chi connectivity index (χ4v) is 4.28. The van der Waals surface area contributed by atoms with Crippen LogP contribution < -0.4 is 5.32 Å². The highest BCUT2D eigenvalue weighted by molar-refractivity contribution is 5.73. The summed E-state index contributed by atoms with van der Waals surface area (Å²) in [5.41, 5.74) is 3.29. The number of rotatable bonds is 5. The van der Waals surface area contributed by atoms with E-state index in [2.05, 4.69) is 52.8 Å². The van der Waals surface area contributed by atoms with E-state index in [9.17, 15) is 13.2 Å². The van der Waals surface area contributed by atoms with E-state index < -0.39 is 12.1 Å². The number of alkyl halides is 3. The maximum absolute atomic E-state index is 10.6. The number of nitrogens with zero attached hydrogens (tertiary/aromatic N) is 4. The van der Waals surface area contributed by atoms with E-state index in [-0.39, 0.29) is 0 Å². The van der Waals surface area contributed by atoms with Crippen molar-refractivity contribution in [2.45, 2.75) is 56.8 Å². The molecule has 5 rings (SSSR count). The number of benzene rings is 1. The topological polar surface area (TPSA) is 82.8 Å². The molecule has 182 valence electrons. The van der Waals surface area contributed by atoms with Crippen molar-refractivity contribution in [2.24, 2.45) is 0 Å². The molecule has 0 radical (unpaired) electrons. The monoisotopic (exact) mass is 475 g/mol. The SMILES string of the molecule is O=C(O)C(F)(F)F.c1ccc(CNc2ccc3nc(C4CCCN(C5CCC5)C4)nn3c2)cc1. The van der Waals surface area contributed by atoms with Crippen molar-refractivity contribution in [1.82, 2.24) is 19.5 Å². The van der Waals surface area contributed by atoms with E-state index >= 15 is 0 Å². The zero-order valence-corrected chi connectivity index (χ0v) is 18.7. The van der Waals surface area contributed by atoms with Gasteiger partial charge in [0.1, 0.15) is 0 Å². The molecule has 1 aromatic carbocycles. The number of aromatic nitrogens is 3. The largest absolute Gasteiger partial charge is 0.490 e. The molecule has 0 amide bonds. The van der Waals surface area contributed by atoms with Crippen LogP contribution in [0.1, 0.15) is 49.4 Å². The molecule has 1 aliphatic carbocycles. The molecular weight excluding hydrogens is 447 g/mol. The van der Waals surface area contributed by atoms with E-state index in [1.165, 1.54) is 44.2 Å². The van der Waals surface area contributed by atoms with Crippen molar-refractivity contribution in [2.75, 3.05) is 18.4 Å². The highest BCUT2D eigenvalue weighted by atomic mass is 19.4. The Balaban J connectivity index is 0.000000344. The van der Waals surface area contributed by atoms with Crippen LogP contribution in [0.25, 0.3) is 5.65 Å². The molecule has 2 N–H and O–H groups in total. The molecule has 34 heavy (non-hydrogen) atoms. The number of halogens is 3.